The van der Waals surface area contributed by atoms with Gasteiger partial charge in [0.1, 0.15) is 15.7 Å². The van der Waals surface area contributed by atoms with Crippen molar-refractivity contribution in [3.05, 3.63) is 11.1 Å². The van der Waals surface area contributed by atoms with Gasteiger partial charge in [0, 0.05) is 0 Å². The van der Waals surface area contributed by atoms with Crippen LogP contribution in [0.15, 0.2) is 11.1 Å². The number of hydrogen-bond donors (Lipinski definition) is 2. The summed E-state index contributed by atoms with van der Waals surface area (Å²) in [6, 6.07) is 0. The van der Waals surface area contributed by atoms with Gasteiger partial charge in [0.2, 0.25) is 0 Å². The van der Waals surface area contributed by atoms with Crippen LogP contribution in [-0.4, -0.2) is 80.1 Å². The summed E-state index contributed by atoms with van der Waals surface area (Å²) >= 11 is 0. The van der Waals surface area contributed by atoms with Crippen molar-refractivity contribution >= 4 is 40.5 Å². The van der Waals surface area contributed by atoms with Crippen LogP contribution in [0.5, 0.6) is 0 Å². The zero-order valence-corrected chi connectivity index (χ0v) is 25.5. The molecule has 0 radical (unpaired) electrons. The molecule has 0 bridgehead atoms. The highest BCUT2D eigenvalue weighted by Gasteiger charge is 2.75. The number of hydrogen-bond acceptors (Lipinski definition) is 4. The van der Waals surface area contributed by atoms with Crippen LogP contribution in [0.3, 0.4) is 0 Å². The van der Waals surface area contributed by atoms with Crippen LogP contribution in [0.25, 0.3) is 0 Å². The lowest BCUT2D eigenvalue weighted by molar-refractivity contribution is -0.337. The van der Waals surface area contributed by atoms with Gasteiger partial charge in [-0.15, -0.1) is 0 Å². The number of aliphatic carboxylic acids is 2. The summed E-state index contributed by atoms with van der Waals surface area (Å²) in [5, 5.41) is 17.5. The zero-order valence-electron chi connectivity index (χ0n) is 21.1. The highest BCUT2D eigenvalue weighted by molar-refractivity contribution is 6.70. The Labute approximate surface area is 210 Å². The highest BCUT2D eigenvalue weighted by Crippen LogP contribution is 2.53. The van der Waals surface area contributed by atoms with Crippen molar-refractivity contribution in [3.8, 4) is 0 Å². The Balaban J connectivity index is 7.72. The normalized spacial score (nSPS) is 17.1. The van der Waals surface area contributed by atoms with Crippen LogP contribution in [-0.2, 0) is 18.1 Å². The number of rotatable bonds is 14. The minimum Gasteiger partial charge on any atom is -0.478 e. The fourth-order valence-electron chi connectivity index (χ4n) is 3.52. The van der Waals surface area contributed by atoms with Gasteiger partial charge in [-0.3, -0.25) is 0 Å². The van der Waals surface area contributed by atoms with E-state index in [0.717, 1.165) is 0 Å². The van der Waals surface area contributed by atoms with Crippen molar-refractivity contribution in [1.82, 2.24) is 0 Å². The molecule has 0 spiro atoms. The predicted octanol–water partition coefficient (Wildman–Crippen LogP) is 3.62. The molecule has 0 rings (SSSR count). The molecule has 212 valence electrons. The van der Waals surface area contributed by atoms with Crippen LogP contribution in [0, 0.1) is 11.3 Å². The number of halogens is 8. The minimum absolute atomic E-state index is 0.0151. The molecule has 0 aliphatic heterocycles. The summed E-state index contributed by atoms with van der Waals surface area (Å²) in [5.41, 5.74) is -4.58. The summed E-state index contributed by atoms with van der Waals surface area (Å²) in [5.74, 6) is -24.4. The lowest BCUT2D eigenvalue weighted by Crippen LogP contribution is -2.62. The van der Waals surface area contributed by atoms with Gasteiger partial charge < -0.3 is 18.8 Å². The van der Waals surface area contributed by atoms with Crippen molar-refractivity contribution in [3.63, 3.8) is 0 Å². The van der Waals surface area contributed by atoms with Gasteiger partial charge in [-0.2, -0.15) is 26.3 Å². The van der Waals surface area contributed by atoms with Crippen LogP contribution < -0.4 is 0 Å². The molecule has 0 heterocycles. The first kappa shape index (κ1) is 34.7. The lowest BCUT2D eigenvalue weighted by atomic mass is 9.71. The van der Waals surface area contributed by atoms with Gasteiger partial charge in [0.25, 0.3) is 0 Å². The van der Waals surface area contributed by atoms with Crippen LogP contribution >= 0.6 is 0 Å². The molecular formula is C19H32F8O6Si3. The van der Waals surface area contributed by atoms with E-state index < -0.39 is 88.3 Å². The third-order valence-electron chi connectivity index (χ3n) is 6.04. The van der Waals surface area contributed by atoms with E-state index in [4.69, 9.17) is 8.54 Å². The van der Waals surface area contributed by atoms with E-state index in [0.29, 0.717) is 0 Å². The number of carboxylic acid groups (broad SMARTS) is 2. The van der Waals surface area contributed by atoms with E-state index in [1.165, 1.54) is 13.8 Å². The molecule has 0 aliphatic rings. The molecule has 1 atom stereocenters. The van der Waals surface area contributed by atoms with Crippen molar-refractivity contribution in [2.24, 2.45) is 11.3 Å². The average Bonchev–Trinajstić information content (AvgIpc) is 2.64. The average molecular weight is 593 g/mol. The summed E-state index contributed by atoms with van der Waals surface area (Å²) < 4.78 is 121. The van der Waals surface area contributed by atoms with E-state index in [2.05, 4.69) is 0 Å². The Hall–Kier alpha value is -1.31. The summed E-state index contributed by atoms with van der Waals surface area (Å²) in [4.78, 5) is 24.5. The molecule has 2 N–H and O–H groups in total. The maximum absolute atomic E-state index is 14.6. The highest BCUT2D eigenvalue weighted by atomic mass is 28.4. The van der Waals surface area contributed by atoms with Crippen LogP contribution in [0.4, 0.5) is 35.1 Å². The van der Waals surface area contributed by atoms with Crippen molar-refractivity contribution in [2.45, 2.75) is 83.2 Å². The Morgan fingerprint density at radius 2 is 1.42 bits per heavy atom. The molecule has 0 aromatic carbocycles. The third-order valence-corrected chi connectivity index (χ3v) is 10.3. The summed E-state index contributed by atoms with van der Waals surface area (Å²) in [6.45, 7) is 10.8. The molecule has 0 aromatic heterocycles. The molecule has 0 aromatic rings. The topological polar surface area (TPSA) is 93.1 Å². The second kappa shape index (κ2) is 11.2. The van der Waals surface area contributed by atoms with Gasteiger partial charge in [0.05, 0.1) is 17.6 Å². The van der Waals surface area contributed by atoms with E-state index in [-0.39, 0.29) is 10.5 Å². The van der Waals surface area contributed by atoms with E-state index in [1.54, 1.807) is 33.5 Å². The van der Waals surface area contributed by atoms with Gasteiger partial charge in [-0.05, 0) is 31.0 Å². The molecule has 6 nitrogen and oxygen atoms in total. The molecule has 1 unspecified atom stereocenters. The molecule has 0 amide bonds. The Kier molecular flexibility index (Phi) is 10.8. The number of carbonyl (C=O) groups is 2. The molecule has 17 heteroatoms. The Morgan fingerprint density at radius 1 is 0.972 bits per heavy atom. The lowest BCUT2D eigenvalue weighted by Gasteiger charge is -2.52. The van der Waals surface area contributed by atoms with Crippen LogP contribution in [0.2, 0.25) is 19.6 Å². The largest absolute Gasteiger partial charge is 0.478 e. The maximum Gasteiger partial charge on any atom is 0.378 e. The fourth-order valence-corrected chi connectivity index (χ4v) is 9.38. The smallest absolute Gasteiger partial charge is 0.378 e. The summed E-state index contributed by atoms with van der Waals surface area (Å²) in [7, 11) is -5.22. The molecule has 0 saturated heterocycles. The predicted molar refractivity (Wildman–Crippen MR) is 123 cm³/mol. The van der Waals surface area contributed by atoms with Gasteiger partial charge >= 0.3 is 36.1 Å². The SMILES string of the molecule is CC(C)C(C)(C)C(O[Si](C)(C)C)([SiH2]O[SiH3])C(C(=O)O)=C(CC(F)(F)C(F)(F)C(F)(F)C(F)F)C(=O)O. The third kappa shape index (κ3) is 6.57. The molecule has 0 saturated carbocycles. The Morgan fingerprint density at radius 3 is 1.69 bits per heavy atom. The van der Waals surface area contributed by atoms with Gasteiger partial charge in [-0.1, -0.05) is 27.7 Å². The first-order valence-electron chi connectivity index (χ1n) is 10.6. The van der Waals surface area contributed by atoms with Crippen molar-refractivity contribution < 1.29 is 63.5 Å². The monoisotopic (exact) mass is 592 g/mol. The van der Waals surface area contributed by atoms with Crippen molar-refractivity contribution in [2.75, 3.05) is 0 Å². The fraction of sp³-hybridized carbons (Fsp3) is 0.789. The zero-order chi connectivity index (χ0) is 29.3. The molecule has 0 fully saturated rings. The van der Waals surface area contributed by atoms with E-state index in [9.17, 15) is 54.9 Å². The van der Waals surface area contributed by atoms with E-state index >= 15 is 0 Å². The quantitative estimate of drug-likeness (QED) is 0.182. The summed E-state index contributed by atoms with van der Waals surface area (Å²) in [6.07, 6.45) is -7.99. The number of carboxylic acids is 2. The van der Waals surface area contributed by atoms with Gasteiger partial charge in [-0.25, -0.2) is 18.4 Å². The first-order chi connectivity index (χ1) is 15.8. The second-order valence-corrected chi connectivity index (χ2v) is 18.2. The van der Waals surface area contributed by atoms with Crippen molar-refractivity contribution in [1.29, 1.82) is 0 Å². The molecule has 0 aliphatic carbocycles. The first-order valence-corrected chi connectivity index (χ1v) is 16.1. The standard InChI is InChI=1S/C19H32F8O6Si3/c1-9(2)15(3,4)18(35-33-34,32-36(5,6)7)11(13(30)31)10(12(28)29)8-16(22,23)19(26,27)17(24,25)14(20)21/h9,14H,8,35H2,1-7,34H3,(H,28,29)(H,30,31). The van der Waals surface area contributed by atoms with Crippen LogP contribution in [0.1, 0.15) is 34.1 Å². The second-order valence-electron chi connectivity index (χ2n) is 10.2. The molecule has 36 heavy (non-hydrogen) atoms. The molecular weight excluding hydrogens is 560 g/mol. The van der Waals surface area contributed by atoms with Gasteiger partial charge in [0.15, 0.2) is 18.1 Å². The van der Waals surface area contributed by atoms with E-state index in [1.807, 2.05) is 0 Å². The minimum atomic E-state index is -6.72. The Bertz CT molecular complexity index is 859. The number of alkyl halides is 8. The maximum atomic E-state index is 14.6.